The lowest BCUT2D eigenvalue weighted by atomic mass is 9.65. The number of pyridine rings is 1. The molecule has 0 radical (unpaired) electrons. The van der Waals surface area contributed by atoms with Crippen molar-refractivity contribution < 1.29 is 18.4 Å². The van der Waals surface area contributed by atoms with Crippen LogP contribution < -0.4 is 16.8 Å². The van der Waals surface area contributed by atoms with Gasteiger partial charge in [-0.1, -0.05) is 0 Å². The van der Waals surface area contributed by atoms with Crippen LogP contribution in [0.4, 0.5) is 14.7 Å². The Balaban J connectivity index is 1.56. The number of rotatable bonds is 7. The molecule has 1 fully saturated rings. The van der Waals surface area contributed by atoms with Gasteiger partial charge < -0.3 is 16.8 Å². The lowest BCUT2D eigenvalue weighted by Gasteiger charge is -2.43. The van der Waals surface area contributed by atoms with Gasteiger partial charge in [0.1, 0.15) is 12.0 Å². The van der Waals surface area contributed by atoms with E-state index in [1.165, 1.54) is 48.9 Å². The van der Waals surface area contributed by atoms with Crippen LogP contribution >= 0.6 is 0 Å². The van der Waals surface area contributed by atoms with Crippen LogP contribution in [0.3, 0.4) is 0 Å². The van der Waals surface area contributed by atoms with Crippen molar-refractivity contribution in [1.29, 1.82) is 0 Å². The van der Waals surface area contributed by atoms with Gasteiger partial charge >= 0.3 is 0 Å². The molecule has 1 aliphatic rings. The monoisotopic (exact) mass is 438 g/mol. The van der Waals surface area contributed by atoms with E-state index in [0.29, 0.717) is 11.1 Å². The van der Waals surface area contributed by atoms with E-state index >= 15 is 0 Å². The second kappa shape index (κ2) is 8.29. The van der Waals surface area contributed by atoms with Gasteiger partial charge in [-0.25, -0.2) is 18.7 Å². The zero-order valence-electron chi connectivity index (χ0n) is 16.9. The fourth-order valence-electron chi connectivity index (χ4n) is 3.94. The number of benzene rings is 1. The Morgan fingerprint density at radius 3 is 2.41 bits per heavy atom. The first-order valence-corrected chi connectivity index (χ1v) is 9.84. The smallest absolute Gasteiger partial charge is 0.249 e. The van der Waals surface area contributed by atoms with Crippen molar-refractivity contribution in [3.05, 3.63) is 71.6 Å². The predicted molar refractivity (Wildman–Crippen MR) is 113 cm³/mol. The largest absolute Gasteiger partial charge is 0.366 e. The van der Waals surface area contributed by atoms with Crippen LogP contribution in [0.1, 0.15) is 39.3 Å². The summed E-state index contributed by atoms with van der Waals surface area (Å²) in [5.41, 5.74) is 11.4. The summed E-state index contributed by atoms with van der Waals surface area (Å²) in [5, 5.41) is 3.02. The molecule has 2 aromatic heterocycles. The van der Waals surface area contributed by atoms with Gasteiger partial charge in [-0.05, 0) is 48.7 Å². The summed E-state index contributed by atoms with van der Waals surface area (Å²) in [7, 11) is 0. The number of hydrogen-bond donors (Lipinski definition) is 3. The molecule has 10 heteroatoms. The third-order valence-corrected chi connectivity index (χ3v) is 5.60. The molecule has 0 unspecified atom stereocenters. The number of halogens is 2. The highest BCUT2D eigenvalue weighted by Gasteiger charge is 2.48. The Morgan fingerprint density at radius 1 is 1.09 bits per heavy atom. The molecule has 1 aromatic carbocycles. The highest BCUT2D eigenvalue weighted by Crippen LogP contribution is 2.45. The number of carbonyl (C=O) groups is 2. The highest BCUT2D eigenvalue weighted by molar-refractivity contribution is 6.02. The molecule has 0 atom stereocenters. The van der Waals surface area contributed by atoms with Gasteiger partial charge in [0.05, 0.1) is 5.69 Å². The molecule has 0 spiro atoms. The van der Waals surface area contributed by atoms with Gasteiger partial charge in [0, 0.05) is 47.2 Å². The molecule has 164 valence electrons. The summed E-state index contributed by atoms with van der Waals surface area (Å²) in [6.45, 7) is 0.199. The van der Waals surface area contributed by atoms with Crippen molar-refractivity contribution in [1.82, 2.24) is 15.0 Å². The van der Waals surface area contributed by atoms with Crippen LogP contribution in [-0.4, -0.2) is 39.5 Å². The number of hydrogen-bond acceptors (Lipinski definition) is 6. The molecule has 1 saturated carbocycles. The number of aromatic nitrogens is 3. The molecule has 1 aliphatic carbocycles. The molecule has 0 bridgehead atoms. The van der Waals surface area contributed by atoms with E-state index in [9.17, 15) is 18.4 Å². The van der Waals surface area contributed by atoms with Crippen molar-refractivity contribution >= 4 is 17.8 Å². The molecule has 2 heterocycles. The van der Waals surface area contributed by atoms with Crippen molar-refractivity contribution in [3.63, 3.8) is 0 Å². The number of primary amides is 2. The first-order chi connectivity index (χ1) is 15.3. The topological polar surface area (TPSA) is 137 Å². The Morgan fingerprint density at radius 2 is 1.81 bits per heavy atom. The number of alkyl halides is 1. The van der Waals surface area contributed by atoms with Crippen LogP contribution in [-0.2, 0) is 5.41 Å². The van der Waals surface area contributed by atoms with Gasteiger partial charge in [-0.15, -0.1) is 0 Å². The quantitative estimate of drug-likeness (QED) is 0.518. The van der Waals surface area contributed by atoms with Crippen molar-refractivity contribution in [2.75, 3.05) is 11.9 Å². The predicted octanol–water partition coefficient (Wildman–Crippen LogP) is 2.36. The molecular weight excluding hydrogens is 418 g/mol. The minimum absolute atomic E-state index is 0.147. The van der Waals surface area contributed by atoms with Crippen LogP contribution in [0.5, 0.6) is 0 Å². The minimum atomic E-state index is -1.02. The second-order valence-electron chi connectivity index (χ2n) is 7.76. The summed E-state index contributed by atoms with van der Waals surface area (Å²) in [4.78, 5) is 35.8. The zero-order chi connectivity index (χ0) is 22.9. The standard InChI is InChI=1S/C22H20F2N6O2/c23-14-7-22(8-14,18-17(24)2-1-5-27-18)11-30-21-28-9-13(10-29-21)16-6-12(19(25)31)3-4-15(16)20(26)32/h1-6,9-10,14H,7-8,11H2,(H2,25,31)(H2,26,32)(H,28,29,30)/t14-,22-. The first-order valence-electron chi connectivity index (χ1n) is 9.84. The summed E-state index contributed by atoms with van der Waals surface area (Å²) in [6, 6.07) is 7.07. The maximum absolute atomic E-state index is 14.3. The van der Waals surface area contributed by atoms with Gasteiger partial charge in [0.15, 0.2) is 0 Å². The van der Waals surface area contributed by atoms with Crippen LogP contribution in [0.25, 0.3) is 11.1 Å². The Bertz CT molecular complexity index is 1180. The van der Waals surface area contributed by atoms with Gasteiger partial charge in [0.2, 0.25) is 17.8 Å². The lowest BCUT2D eigenvalue weighted by molar-refractivity contribution is 0.0962. The van der Waals surface area contributed by atoms with Gasteiger partial charge in [-0.3, -0.25) is 14.6 Å². The Hall–Kier alpha value is -3.95. The zero-order valence-corrected chi connectivity index (χ0v) is 16.9. The number of nitrogens with two attached hydrogens (primary N) is 2. The van der Waals surface area contributed by atoms with Crippen LogP contribution in [0.2, 0.25) is 0 Å². The molecule has 4 rings (SSSR count). The molecule has 3 aromatic rings. The van der Waals surface area contributed by atoms with E-state index in [0.717, 1.165) is 0 Å². The lowest BCUT2D eigenvalue weighted by Crippen LogP contribution is -2.49. The molecule has 32 heavy (non-hydrogen) atoms. The molecule has 8 nitrogen and oxygen atoms in total. The molecule has 5 N–H and O–H groups in total. The van der Waals surface area contributed by atoms with Crippen LogP contribution in [0, 0.1) is 5.82 Å². The minimum Gasteiger partial charge on any atom is -0.366 e. The van der Waals surface area contributed by atoms with Crippen molar-refractivity contribution in [2.45, 2.75) is 24.4 Å². The van der Waals surface area contributed by atoms with E-state index in [4.69, 9.17) is 11.5 Å². The molecular formula is C22H20F2N6O2. The number of nitrogens with one attached hydrogen (secondary N) is 1. The fraction of sp³-hybridized carbons (Fsp3) is 0.227. The van der Waals surface area contributed by atoms with Crippen LogP contribution in [0.15, 0.2) is 48.9 Å². The summed E-state index contributed by atoms with van der Waals surface area (Å²) in [6.07, 6.45) is 3.66. The average molecular weight is 438 g/mol. The third-order valence-electron chi connectivity index (χ3n) is 5.60. The van der Waals surface area contributed by atoms with E-state index in [2.05, 4.69) is 20.3 Å². The maximum Gasteiger partial charge on any atom is 0.249 e. The number of nitrogens with zero attached hydrogens (tertiary/aromatic N) is 3. The molecule has 0 aliphatic heterocycles. The van der Waals surface area contributed by atoms with E-state index < -0.39 is 29.2 Å². The fourth-order valence-corrected chi connectivity index (χ4v) is 3.94. The summed E-state index contributed by atoms with van der Waals surface area (Å²) < 4.78 is 28.0. The second-order valence-corrected chi connectivity index (χ2v) is 7.76. The van der Waals surface area contributed by atoms with Crippen molar-refractivity contribution in [2.24, 2.45) is 11.5 Å². The number of carbonyl (C=O) groups excluding carboxylic acids is 2. The van der Waals surface area contributed by atoms with E-state index in [1.54, 1.807) is 0 Å². The SMILES string of the molecule is NC(=O)c1ccc(C(N)=O)c(-c2cnc(NC[C@]3(c4ncccc4F)C[C@H](F)C3)nc2)c1. The molecule has 0 saturated heterocycles. The number of anilines is 1. The first kappa shape index (κ1) is 21.3. The Kier molecular flexibility index (Phi) is 5.52. The average Bonchev–Trinajstić information content (AvgIpc) is 2.76. The van der Waals surface area contributed by atoms with E-state index in [1.807, 2.05) is 0 Å². The Labute approximate surface area is 182 Å². The summed E-state index contributed by atoms with van der Waals surface area (Å²) in [5.74, 6) is -1.58. The van der Waals surface area contributed by atoms with Gasteiger partial charge in [0.25, 0.3) is 0 Å². The highest BCUT2D eigenvalue weighted by atomic mass is 19.1. The maximum atomic E-state index is 14.3. The van der Waals surface area contributed by atoms with Gasteiger partial charge in [-0.2, -0.15) is 0 Å². The number of amides is 2. The van der Waals surface area contributed by atoms with E-state index in [-0.39, 0.29) is 42.2 Å². The summed E-state index contributed by atoms with van der Waals surface area (Å²) >= 11 is 0. The van der Waals surface area contributed by atoms with Crippen molar-refractivity contribution in [3.8, 4) is 11.1 Å². The molecule has 2 amide bonds. The normalized spacial score (nSPS) is 19.8. The third kappa shape index (κ3) is 3.98.